The summed E-state index contributed by atoms with van der Waals surface area (Å²) in [6.07, 6.45) is 5.05. The fraction of sp³-hybridized carbons (Fsp3) is 0.636. The molecule has 1 heterocycles. The maximum absolute atomic E-state index is 12.3. The Morgan fingerprint density at radius 2 is 1.88 bits per heavy atom. The summed E-state index contributed by atoms with van der Waals surface area (Å²) in [4.78, 5) is 0. The lowest BCUT2D eigenvalue weighted by atomic mass is 10.1. The summed E-state index contributed by atoms with van der Waals surface area (Å²) < 4.78 is 28.2. The second kappa shape index (κ2) is 5.17. The van der Waals surface area contributed by atoms with Crippen molar-refractivity contribution in [3.63, 3.8) is 0 Å². The van der Waals surface area contributed by atoms with Gasteiger partial charge in [0.25, 0.3) is 0 Å². The number of allylic oxidation sites excluding steroid dienone is 2. The zero-order valence-corrected chi connectivity index (χ0v) is 11.1. The molecule has 0 saturated heterocycles. The Morgan fingerprint density at radius 3 is 2.25 bits per heavy atom. The molecule has 0 atom stereocenters. The predicted molar refractivity (Wildman–Crippen MR) is 63.2 cm³/mol. The van der Waals surface area contributed by atoms with Crippen molar-refractivity contribution < 1.29 is 18.3 Å². The van der Waals surface area contributed by atoms with Crippen LogP contribution in [-0.4, -0.2) is 18.8 Å². The second-order valence-electron chi connectivity index (χ2n) is 3.93. The quantitative estimate of drug-likeness (QED) is 0.697. The van der Waals surface area contributed by atoms with E-state index < -0.39 is 7.60 Å². The number of ether oxygens (including phenoxy) is 1. The minimum Gasteiger partial charge on any atom is -0.490 e. The lowest BCUT2D eigenvalue weighted by Gasteiger charge is -2.26. The molecule has 16 heavy (non-hydrogen) atoms. The van der Waals surface area contributed by atoms with Crippen LogP contribution in [0, 0.1) is 0 Å². The molecule has 1 aliphatic heterocycles. The van der Waals surface area contributed by atoms with Gasteiger partial charge in [-0.05, 0) is 39.8 Å². The Morgan fingerprint density at radius 1 is 1.31 bits per heavy atom. The maximum atomic E-state index is 12.3. The molecular formula is C11H19O4P. The average Bonchev–Trinajstić information content (AvgIpc) is 2.17. The third-order valence-corrected chi connectivity index (χ3v) is 4.14. The van der Waals surface area contributed by atoms with E-state index in [-0.39, 0.29) is 5.60 Å². The molecule has 0 unspecified atom stereocenters. The molecule has 1 rings (SSSR count). The smallest absolute Gasteiger partial charge is 0.364 e. The molecule has 0 aromatic carbocycles. The van der Waals surface area contributed by atoms with Crippen LogP contribution in [0.5, 0.6) is 0 Å². The van der Waals surface area contributed by atoms with Gasteiger partial charge in [0.1, 0.15) is 5.60 Å². The van der Waals surface area contributed by atoms with Crippen LogP contribution in [0.4, 0.5) is 0 Å². The molecule has 0 aromatic heterocycles. The van der Waals surface area contributed by atoms with Gasteiger partial charge in [-0.15, -0.1) is 0 Å². The Balaban J connectivity index is 2.87. The summed E-state index contributed by atoms with van der Waals surface area (Å²) in [6.45, 7) is 8.08. The van der Waals surface area contributed by atoms with Crippen LogP contribution in [0.15, 0.2) is 23.7 Å². The lowest BCUT2D eigenvalue weighted by Crippen LogP contribution is -2.20. The summed E-state index contributed by atoms with van der Waals surface area (Å²) in [5.74, 6) is 0. The summed E-state index contributed by atoms with van der Waals surface area (Å²) in [7, 11) is -3.20. The molecule has 0 radical (unpaired) electrons. The molecule has 0 fully saturated rings. The monoisotopic (exact) mass is 246 g/mol. The van der Waals surface area contributed by atoms with Gasteiger partial charge in [-0.25, -0.2) is 0 Å². The second-order valence-corrected chi connectivity index (χ2v) is 5.96. The standard InChI is InChI=1S/C11H19O4P/c1-5-14-16(12,15-6-2)10-7-8-11(3,4)13-9-10/h7-9H,5-6H2,1-4H3. The molecule has 0 amide bonds. The van der Waals surface area contributed by atoms with Gasteiger partial charge in [0.05, 0.1) is 24.8 Å². The first kappa shape index (κ1) is 13.5. The normalized spacial score (nSPS) is 19.1. The van der Waals surface area contributed by atoms with Gasteiger partial charge < -0.3 is 13.8 Å². The van der Waals surface area contributed by atoms with E-state index in [1.165, 1.54) is 6.26 Å². The van der Waals surface area contributed by atoms with E-state index in [0.717, 1.165) is 0 Å². The molecule has 0 spiro atoms. The predicted octanol–water partition coefficient (Wildman–Crippen LogP) is 3.46. The van der Waals surface area contributed by atoms with Crippen molar-refractivity contribution in [1.29, 1.82) is 0 Å². The van der Waals surface area contributed by atoms with Gasteiger partial charge in [-0.1, -0.05) is 0 Å². The first-order valence-corrected chi connectivity index (χ1v) is 6.94. The highest BCUT2D eigenvalue weighted by Gasteiger charge is 2.31. The topological polar surface area (TPSA) is 44.8 Å². The molecule has 1 aliphatic rings. The number of hydrogen-bond acceptors (Lipinski definition) is 4. The van der Waals surface area contributed by atoms with Gasteiger partial charge in [0, 0.05) is 0 Å². The van der Waals surface area contributed by atoms with Crippen LogP contribution >= 0.6 is 7.60 Å². The van der Waals surface area contributed by atoms with E-state index >= 15 is 0 Å². The first-order valence-electron chi connectivity index (χ1n) is 5.40. The number of rotatable bonds is 5. The van der Waals surface area contributed by atoms with Gasteiger partial charge in [0.15, 0.2) is 0 Å². The summed E-state index contributed by atoms with van der Waals surface area (Å²) >= 11 is 0. The molecule has 4 nitrogen and oxygen atoms in total. The van der Waals surface area contributed by atoms with Crippen molar-refractivity contribution in [3.05, 3.63) is 23.7 Å². The highest BCUT2D eigenvalue weighted by molar-refractivity contribution is 7.58. The van der Waals surface area contributed by atoms with E-state index in [1.807, 2.05) is 19.9 Å². The summed E-state index contributed by atoms with van der Waals surface area (Å²) in [5.41, 5.74) is -0.368. The largest absolute Gasteiger partial charge is 0.490 e. The van der Waals surface area contributed by atoms with E-state index in [9.17, 15) is 4.57 Å². The van der Waals surface area contributed by atoms with Gasteiger partial charge in [-0.3, -0.25) is 4.57 Å². The van der Waals surface area contributed by atoms with Crippen LogP contribution in [0.25, 0.3) is 0 Å². The SMILES string of the molecule is CCOP(=O)(OCC)C1=COC(C)(C)C=C1. The molecule has 0 saturated carbocycles. The maximum Gasteiger partial charge on any atom is 0.364 e. The minimum absolute atomic E-state index is 0.339. The van der Waals surface area contributed by atoms with Crippen molar-refractivity contribution >= 4 is 7.60 Å². The van der Waals surface area contributed by atoms with Crippen molar-refractivity contribution in [1.82, 2.24) is 0 Å². The van der Waals surface area contributed by atoms with Gasteiger partial charge >= 0.3 is 7.60 Å². The molecule has 92 valence electrons. The molecular weight excluding hydrogens is 227 g/mol. The molecule has 0 aromatic rings. The van der Waals surface area contributed by atoms with Crippen LogP contribution in [-0.2, 0) is 18.3 Å². The Kier molecular flexibility index (Phi) is 4.36. The molecule has 0 N–H and O–H groups in total. The molecule has 5 heteroatoms. The van der Waals surface area contributed by atoms with Gasteiger partial charge in [-0.2, -0.15) is 0 Å². The Bertz CT molecular complexity index is 334. The van der Waals surface area contributed by atoms with Crippen molar-refractivity contribution in [2.45, 2.75) is 33.3 Å². The van der Waals surface area contributed by atoms with E-state index in [0.29, 0.717) is 18.5 Å². The van der Waals surface area contributed by atoms with Gasteiger partial charge in [0.2, 0.25) is 0 Å². The van der Waals surface area contributed by atoms with Crippen molar-refractivity contribution in [2.75, 3.05) is 13.2 Å². The highest BCUT2D eigenvalue weighted by Crippen LogP contribution is 2.57. The third kappa shape index (κ3) is 3.21. The third-order valence-electron chi connectivity index (χ3n) is 2.05. The van der Waals surface area contributed by atoms with E-state index in [4.69, 9.17) is 13.8 Å². The molecule has 0 aliphatic carbocycles. The highest BCUT2D eigenvalue weighted by atomic mass is 31.2. The summed E-state index contributed by atoms with van der Waals surface area (Å²) in [6, 6.07) is 0. The Labute approximate surface area is 96.8 Å². The first-order chi connectivity index (χ1) is 7.43. The summed E-state index contributed by atoms with van der Waals surface area (Å²) in [5, 5.41) is 0.468. The van der Waals surface area contributed by atoms with E-state index in [1.54, 1.807) is 19.9 Å². The minimum atomic E-state index is -3.20. The Hall–Kier alpha value is -0.570. The van der Waals surface area contributed by atoms with Crippen molar-refractivity contribution in [2.24, 2.45) is 0 Å². The average molecular weight is 246 g/mol. The van der Waals surface area contributed by atoms with E-state index in [2.05, 4.69) is 0 Å². The molecule has 0 bridgehead atoms. The van der Waals surface area contributed by atoms with Crippen molar-refractivity contribution in [3.8, 4) is 0 Å². The zero-order valence-electron chi connectivity index (χ0n) is 10.2. The fourth-order valence-corrected chi connectivity index (χ4v) is 2.75. The zero-order chi connectivity index (χ0) is 12.2. The van der Waals surface area contributed by atoms with Crippen LogP contribution in [0.1, 0.15) is 27.7 Å². The van der Waals surface area contributed by atoms with Crippen LogP contribution < -0.4 is 0 Å². The number of hydrogen-bond donors (Lipinski definition) is 0. The van der Waals surface area contributed by atoms with Crippen LogP contribution in [0.2, 0.25) is 0 Å². The van der Waals surface area contributed by atoms with Crippen LogP contribution in [0.3, 0.4) is 0 Å². The fourth-order valence-electron chi connectivity index (χ4n) is 1.26. The lowest BCUT2D eigenvalue weighted by molar-refractivity contribution is 0.0997.